The second-order valence-electron chi connectivity index (χ2n) is 6.26. The van der Waals surface area contributed by atoms with E-state index in [2.05, 4.69) is 20.8 Å². The van der Waals surface area contributed by atoms with Gasteiger partial charge in [-0.2, -0.15) is 0 Å². The summed E-state index contributed by atoms with van der Waals surface area (Å²) in [6.45, 7) is 13.0. The third-order valence-electron chi connectivity index (χ3n) is 2.02. The van der Waals surface area contributed by atoms with E-state index in [9.17, 15) is 0 Å². The van der Waals surface area contributed by atoms with Crippen molar-refractivity contribution in [3.63, 3.8) is 0 Å². The van der Waals surface area contributed by atoms with Gasteiger partial charge in [0.25, 0.3) is 0 Å². The summed E-state index contributed by atoms with van der Waals surface area (Å²) < 4.78 is 11.5. The molecular weight excluding hydrogens is 212 g/mol. The van der Waals surface area contributed by atoms with Crippen molar-refractivity contribution in [2.24, 2.45) is 0 Å². The first-order valence-electron chi connectivity index (χ1n) is 6.08. The smallest absolute Gasteiger partial charge is 0.120 e. The van der Waals surface area contributed by atoms with Gasteiger partial charge in [-0.3, -0.25) is 0 Å². The van der Waals surface area contributed by atoms with Crippen LogP contribution in [0.25, 0.3) is 0 Å². The van der Waals surface area contributed by atoms with Crippen LogP contribution in [0.2, 0.25) is 0 Å². The Labute approximate surface area is 105 Å². The third-order valence-corrected chi connectivity index (χ3v) is 2.02. The fraction of sp³-hybridized carbons (Fsp3) is 0.600. The van der Waals surface area contributed by atoms with Gasteiger partial charge in [0, 0.05) is 0 Å². The Bertz CT molecular complexity index is 339. The maximum absolute atomic E-state index is 5.76. The van der Waals surface area contributed by atoms with Gasteiger partial charge in [0.15, 0.2) is 0 Å². The molecule has 17 heavy (non-hydrogen) atoms. The summed E-state index contributed by atoms with van der Waals surface area (Å²) in [7, 11) is 0. The van der Waals surface area contributed by atoms with Crippen LogP contribution in [0.5, 0.6) is 5.75 Å². The van der Waals surface area contributed by atoms with Gasteiger partial charge in [-0.1, -0.05) is 12.1 Å². The quantitative estimate of drug-likeness (QED) is 0.784. The molecule has 0 aliphatic rings. The third kappa shape index (κ3) is 6.32. The van der Waals surface area contributed by atoms with E-state index in [1.54, 1.807) is 0 Å². The lowest BCUT2D eigenvalue weighted by Crippen LogP contribution is -2.22. The van der Waals surface area contributed by atoms with E-state index in [0.717, 1.165) is 5.75 Å². The summed E-state index contributed by atoms with van der Waals surface area (Å²) in [5, 5.41) is 0. The lowest BCUT2D eigenvalue weighted by Gasteiger charge is -2.22. The Morgan fingerprint density at radius 3 is 1.76 bits per heavy atom. The maximum Gasteiger partial charge on any atom is 0.120 e. The molecule has 0 spiro atoms. The zero-order valence-corrected chi connectivity index (χ0v) is 11.8. The molecule has 0 radical (unpaired) electrons. The van der Waals surface area contributed by atoms with Crippen molar-refractivity contribution >= 4 is 0 Å². The molecule has 0 saturated heterocycles. The first-order chi connectivity index (χ1) is 7.66. The Morgan fingerprint density at radius 2 is 1.35 bits per heavy atom. The predicted octanol–water partition coefficient (Wildman–Crippen LogP) is 4.18. The van der Waals surface area contributed by atoms with E-state index in [4.69, 9.17) is 9.47 Å². The summed E-state index contributed by atoms with van der Waals surface area (Å²) >= 11 is 0. The van der Waals surface area contributed by atoms with E-state index in [1.807, 2.05) is 45.0 Å². The number of rotatable bonds is 3. The molecular formula is C15H24O2. The van der Waals surface area contributed by atoms with Crippen LogP contribution < -0.4 is 4.74 Å². The summed E-state index contributed by atoms with van der Waals surface area (Å²) in [5.74, 6) is 0.900. The zero-order valence-electron chi connectivity index (χ0n) is 11.8. The number of ether oxygens (including phenoxy) is 2. The molecule has 1 aromatic carbocycles. The first-order valence-corrected chi connectivity index (χ1v) is 6.08. The van der Waals surface area contributed by atoms with Gasteiger partial charge in [0.05, 0.1) is 12.2 Å². The molecule has 0 aliphatic carbocycles. The predicted molar refractivity (Wildman–Crippen MR) is 71.4 cm³/mol. The highest BCUT2D eigenvalue weighted by Crippen LogP contribution is 2.19. The topological polar surface area (TPSA) is 18.5 Å². The minimum absolute atomic E-state index is 0.0966. The minimum Gasteiger partial charge on any atom is -0.488 e. The highest BCUT2D eigenvalue weighted by molar-refractivity contribution is 5.27. The largest absolute Gasteiger partial charge is 0.488 e. The molecule has 0 unspecified atom stereocenters. The van der Waals surface area contributed by atoms with E-state index < -0.39 is 0 Å². The molecule has 0 N–H and O–H groups in total. The lowest BCUT2D eigenvalue weighted by atomic mass is 10.1. The summed E-state index contributed by atoms with van der Waals surface area (Å²) in [4.78, 5) is 0. The SMILES string of the molecule is CC(C)(C)OCc1ccc(OC(C)(C)C)cc1. The zero-order chi connectivity index (χ0) is 13.1. The van der Waals surface area contributed by atoms with Crippen molar-refractivity contribution in [2.45, 2.75) is 59.4 Å². The molecule has 0 aliphatic heterocycles. The van der Waals surface area contributed by atoms with Gasteiger partial charge in [-0.15, -0.1) is 0 Å². The van der Waals surface area contributed by atoms with Gasteiger partial charge in [-0.25, -0.2) is 0 Å². The summed E-state index contributed by atoms with van der Waals surface area (Å²) in [5.41, 5.74) is 0.922. The van der Waals surface area contributed by atoms with Crippen LogP contribution in [-0.4, -0.2) is 11.2 Å². The fourth-order valence-electron chi connectivity index (χ4n) is 1.31. The van der Waals surface area contributed by atoms with Crippen molar-refractivity contribution in [3.8, 4) is 5.75 Å². The molecule has 0 atom stereocenters. The standard InChI is InChI=1S/C15H24O2/c1-14(2,3)16-11-12-7-9-13(10-8-12)17-15(4,5)6/h7-10H,11H2,1-6H3. The molecule has 96 valence electrons. The van der Waals surface area contributed by atoms with E-state index in [1.165, 1.54) is 5.56 Å². The Morgan fingerprint density at radius 1 is 0.824 bits per heavy atom. The van der Waals surface area contributed by atoms with Crippen LogP contribution in [-0.2, 0) is 11.3 Å². The van der Waals surface area contributed by atoms with Gasteiger partial charge in [-0.05, 0) is 59.2 Å². The average Bonchev–Trinajstić information content (AvgIpc) is 2.13. The molecule has 0 fully saturated rings. The molecule has 0 bridgehead atoms. The Balaban J connectivity index is 2.56. The fourth-order valence-corrected chi connectivity index (χ4v) is 1.31. The lowest BCUT2D eigenvalue weighted by molar-refractivity contribution is -0.0149. The van der Waals surface area contributed by atoms with E-state index in [0.29, 0.717) is 6.61 Å². The molecule has 0 amide bonds. The van der Waals surface area contributed by atoms with Crippen LogP contribution in [0, 0.1) is 0 Å². The van der Waals surface area contributed by atoms with Crippen molar-refractivity contribution < 1.29 is 9.47 Å². The Kier molecular flexibility index (Phi) is 4.21. The number of hydrogen-bond donors (Lipinski definition) is 0. The highest BCUT2D eigenvalue weighted by Gasteiger charge is 2.12. The van der Waals surface area contributed by atoms with Gasteiger partial charge in [0.2, 0.25) is 0 Å². The molecule has 0 heterocycles. The maximum atomic E-state index is 5.76. The van der Waals surface area contributed by atoms with Crippen LogP contribution >= 0.6 is 0 Å². The Hall–Kier alpha value is -1.02. The van der Waals surface area contributed by atoms with Crippen molar-refractivity contribution in [3.05, 3.63) is 29.8 Å². The summed E-state index contributed by atoms with van der Waals surface area (Å²) in [6, 6.07) is 8.08. The second kappa shape index (κ2) is 5.09. The minimum atomic E-state index is -0.149. The van der Waals surface area contributed by atoms with Crippen molar-refractivity contribution in [1.82, 2.24) is 0 Å². The van der Waals surface area contributed by atoms with E-state index >= 15 is 0 Å². The molecule has 2 nitrogen and oxygen atoms in total. The molecule has 2 heteroatoms. The summed E-state index contributed by atoms with van der Waals surface area (Å²) in [6.07, 6.45) is 0. The monoisotopic (exact) mass is 236 g/mol. The van der Waals surface area contributed by atoms with E-state index in [-0.39, 0.29) is 11.2 Å². The highest BCUT2D eigenvalue weighted by atomic mass is 16.5. The second-order valence-corrected chi connectivity index (χ2v) is 6.26. The van der Waals surface area contributed by atoms with Crippen LogP contribution in [0.3, 0.4) is 0 Å². The van der Waals surface area contributed by atoms with Crippen LogP contribution in [0.4, 0.5) is 0 Å². The first kappa shape index (κ1) is 14.0. The van der Waals surface area contributed by atoms with Crippen molar-refractivity contribution in [1.29, 1.82) is 0 Å². The number of hydrogen-bond acceptors (Lipinski definition) is 2. The number of benzene rings is 1. The molecule has 0 aromatic heterocycles. The van der Waals surface area contributed by atoms with Crippen molar-refractivity contribution in [2.75, 3.05) is 0 Å². The van der Waals surface area contributed by atoms with Crippen LogP contribution in [0.1, 0.15) is 47.1 Å². The van der Waals surface area contributed by atoms with Gasteiger partial charge >= 0.3 is 0 Å². The van der Waals surface area contributed by atoms with Gasteiger partial charge < -0.3 is 9.47 Å². The average molecular weight is 236 g/mol. The van der Waals surface area contributed by atoms with Gasteiger partial charge in [0.1, 0.15) is 11.4 Å². The molecule has 1 aromatic rings. The molecule has 1 rings (SSSR count). The normalized spacial score (nSPS) is 12.6. The molecule has 0 saturated carbocycles. The van der Waals surface area contributed by atoms with Crippen LogP contribution in [0.15, 0.2) is 24.3 Å².